The fourth-order valence-corrected chi connectivity index (χ4v) is 5.18. The molecule has 1 fully saturated rings. The number of nitrogens with zero attached hydrogens (tertiary/aromatic N) is 3. The van der Waals surface area contributed by atoms with Gasteiger partial charge in [-0.15, -0.1) is 0 Å². The summed E-state index contributed by atoms with van der Waals surface area (Å²) in [5, 5.41) is -1.05. The first-order valence-corrected chi connectivity index (χ1v) is 9.99. The summed E-state index contributed by atoms with van der Waals surface area (Å²) in [6.45, 7) is 3.71. The number of aliphatic imine (C=N–C) groups is 1. The fraction of sp³-hybridized carbons (Fsp3) is 0.316. The smallest absolute Gasteiger partial charge is 0.282 e. The van der Waals surface area contributed by atoms with Gasteiger partial charge in [-0.3, -0.25) is 14.8 Å². The highest BCUT2D eigenvalue weighted by Crippen LogP contribution is 2.35. The van der Waals surface area contributed by atoms with E-state index >= 15 is 0 Å². The van der Waals surface area contributed by atoms with Gasteiger partial charge in [-0.25, -0.2) is 12.7 Å². The SMILES string of the molecule is CC(C)N1C(=O)C(=NCCc2cccnc2)C(c2ccccc2)S1(=O)=O. The maximum absolute atomic E-state index is 13.0. The molecule has 6 nitrogen and oxygen atoms in total. The van der Waals surface area contributed by atoms with Crippen molar-refractivity contribution in [1.82, 2.24) is 9.29 Å². The largest absolute Gasteiger partial charge is 0.283 e. The van der Waals surface area contributed by atoms with Crippen LogP contribution in [0, 0.1) is 0 Å². The van der Waals surface area contributed by atoms with E-state index in [4.69, 9.17) is 0 Å². The number of hydrogen-bond acceptors (Lipinski definition) is 5. The van der Waals surface area contributed by atoms with E-state index in [1.807, 2.05) is 18.2 Å². The molecule has 0 saturated carbocycles. The lowest BCUT2D eigenvalue weighted by Crippen LogP contribution is -2.37. The van der Waals surface area contributed by atoms with Gasteiger partial charge >= 0.3 is 0 Å². The molecule has 1 aliphatic rings. The zero-order chi connectivity index (χ0) is 18.7. The lowest BCUT2D eigenvalue weighted by Gasteiger charge is -2.19. The van der Waals surface area contributed by atoms with Gasteiger partial charge in [0.25, 0.3) is 15.9 Å². The van der Waals surface area contributed by atoms with Crippen LogP contribution in [0.1, 0.15) is 30.2 Å². The normalized spacial score (nSPS) is 20.9. The first-order chi connectivity index (χ1) is 12.4. The van der Waals surface area contributed by atoms with E-state index in [1.54, 1.807) is 50.5 Å². The molecule has 1 saturated heterocycles. The van der Waals surface area contributed by atoms with Crippen LogP contribution in [0.25, 0.3) is 0 Å². The highest BCUT2D eigenvalue weighted by atomic mass is 32.2. The van der Waals surface area contributed by atoms with E-state index in [0.29, 0.717) is 18.5 Å². The summed E-state index contributed by atoms with van der Waals surface area (Å²) < 4.78 is 27.0. The van der Waals surface area contributed by atoms with Crippen molar-refractivity contribution in [3.05, 3.63) is 66.0 Å². The molecule has 1 aromatic carbocycles. The summed E-state index contributed by atoms with van der Waals surface area (Å²) in [7, 11) is -3.83. The van der Waals surface area contributed by atoms with Gasteiger partial charge in [0.2, 0.25) is 0 Å². The number of rotatable bonds is 5. The molecule has 0 spiro atoms. The maximum Gasteiger partial charge on any atom is 0.283 e. The number of benzene rings is 1. The summed E-state index contributed by atoms with van der Waals surface area (Å²) in [6, 6.07) is 12.1. The zero-order valence-corrected chi connectivity index (χ0v) is 15.6. The predicted molar refractivity (Wildman–Crippen MR) is 100 cm³/mol. The molecule has 1 amide bonds. The van der Waals surface area contributed by atoms with Crippen molar-refractivity contribution < 1.29 is 13.2 Å². The first kappa shape index (κ1) is 18.3. The number of amides is 1. The monoisotopic (exact) mass is 371 g/mol. The van der Waals surface area contributed by atoms with Crippen LogP contribution >= 0.6 is 0 Å². The van der Waals surface area contributed by atoms with Crippen LogP contribution in [0.3, 0.4) is 0 Å². The van der Waals surface area contributed by atoms with Crippen molar-refractivity contribution >= 4 is 21.6 Å². The second kappa shape index (κ2) is 7.37. The van der Waals surface area contributed by atoms with Crippen LogP contribution in [-0.2, 0) is 21.2 Å². The number of aromatic nitrogens is 1. The molecule has 1 unspecified atom stereocenters. The summed E-state index contributed by atoms with van der Waals surface area (Å²) in [5.41, 5.74) is 1.64. The van der Waals surface area contributed by atoms with Crippen LogP contribution in [0.5, 0.6) is 0 Å². The van der Waals surface area contributed by atoms with Gasteiger partial charge in [0.15, 0.2) is 5.25 Å². The summed E-state index contributed by atoms with van der Waals surface area (Å²) >= 11 is 0. The number of hydrogen-bond donors (Lipinski definition) is 0. The number of pyridine rings is 1. The van der Waals surface area contributed by atoms with Crippen LogP contribution in [0.4, 0.5) is 0 Å². The van der Waals surface area contributed by atoms with Gasteiger partial charge < -0.3 is 0 Å². The second-order valence-electron chi connectivity index (χ2n) is 6.41. The average Bonchev–Trinajstić information content (AvgIpc) is 2.82. The van der Waals surface area contributed by atoms with Gasteiger partial charge in [0.1, 0.15) is 5.71 Å². The standard InChI is InChI=1S/C19H21N3O3S/c1-14(2)22-19(23)17(21-12-10-15-7-6-11-20-13-15)18(26(22,24)25)16-8-4-3-5-9-16/h3-9,11,13-14,18H,10,12H2,1-2H3. The molecule has 136 valence electrons. The van der Waals surface area contributed by atoms with E-state index < -0.39 is 27.2 Å². The lowest BCUT2D eigenvalue weighted by atomic mass is 10.1. The summed E-state index contributed by atoms with van der Waals surface area (Å²) in [4.78, 5) is 21.2. The first-order valence-electron chi connectivity index (χ1n) is 8.48. The number of carbonyl (C=O) groups is 1. The lowest BCUT2D eigenvalue weighted by molar-refractivity contribution is -0.120. The van der Waals surface area contributed by atoms with Crippen molar-refractivity contribution in [3.8, 4) is 0 Å². The highest BCUT2D eigenvalue weighted by molar-refractivity contribution is 7.91. The zero-order valence-electron chi connectivity index (χ0n) is 14.7. The number of carbonyl (C=O) groups excluding carboxylic acids is 1. The summed E-state index contributed by atoms with van der Waals surface area (Å²) in [6.07, 6.45) is 4.02. The molecule has 2 heterocycles. The van der Waals surface area contributed by atoms with Crippen molar-refractivity contribution in [1.29, 1.82) is 0 Å². The highest BCUT2D eigenvalue weighted by Gasteiger charge is 2.51. The van der Waals surface area contributed by atoms with E-state index in [9.17, 15) is 13.2 Å². The Morgan fingerprint density at radius 2 is 1.88 bits per heavy atom. The van der Waals surface area contributed by atoms with E-state index in [2.05, 4.69) is 9.98 Å². The Balaban J connectivity index is 1.97. The third-order valence-corrected chi connectivity index (χ3v) is 6.44. The molecule has 1 atom stereocenters. The maximum atomic E-state index is 13.0. The molecule has 0 bridgehead atoms. The Bertz CT molecular complexity index is 910. The molecular formula is C19H21N3O3S. The van der Waals surface area contributed by atoms with Gasteiger partial charge in [0.05, 0.1) is 0 Å². The Labute approximate surface area is 153 Å². The third kappa shape index (κ3) is 3.39. The van der Waals surface area contributed by atoms with Crippen molar-refractivity contribution in [2.24, 2.45) is 4.99 Å². The summed E-state index contributed by atoms with van der Waals surface area (Å²) in [5.74, 6) is -0.528. The second-order valence-corrected chi connectivity index (χ2v) is 8.30. The topological polar surface area (TPSA) is 79.7 Å². The van der Waals surface area contributed by atoms with Crippen LogP contribution in [0.15, 0.2) is 59.9 Å². The molecule has 1 aliphatic heterocycles. The Hall–Kier alpha value is -2.54. The Morgan fingerprint density at radius 3 is 2.50 bits per heavy atom. The molecule has 3 rings (SSSR count). The van der Waals surface area contributed by atoms with Crippen LogP contribution in [-0.4, -0.2) is 41.9 Å². The van der Waals surface area contributed by atoms with Crippen LogP contribution in [0.2, 0.25) is 0 Å². The predicted octanol–water partition coefficient (Wildman–Crippen LogP) is 2.39. The van der Waals surface area contributed by atoms with Gasteiger partial charge in [0, 0.05) is 25.0 Å². The Kier molecular flexibility index (Phi) is 5.18. The van der Waals surface area contributed by atoms with Crippen molar-refractivity contribution in [2.45, 2.75) is 31.6 Å². The molecule has 7 heteroatoms. The van der Waals surface area contributed by atoms with Crippen molar-refractivity contribution in [2.75, 3.05) is 6.54 Å². The molecular weight excluding hydrogens is 350 g/mol. The molecule has 0 N–H and O–H groups in total. The van der Waals surface area contributed by atoms with E-state index in [0.717, 1.165) is 9.87 Å². The van der Waals surface area contributed by atoms with Gasteiger partial charge in [-0.2, -0.15) is 0 Å². The van der Waals surface area contributed by atoms with Gasteiger partial charge in [-0.05, 0) is 37.5 Å². The van der Waals surface area contributed by atoms with E-state index in [1.165, 1.54) is 0 Å². The number of sulfonamides is 1. The minimum absolute atomic E-state index is 0.0915. The van der Waals surface area contributed by atoms with E-state index in [-0.39, 0.29) is 5.71 Å². The Morgan fingerprint density at radius 1 is 1.15 bits per heavy atom. The van der Waals surface area contributed by atoms with Crippen molar-refractivity contribution in [3.63, 3.8) is 0 Å². The molecule has 26 heavy (non-hydrogen) atoms. The minimum atomic E-state index is -3.83. The fourth-order valence-electron chi connectivity index (χ4n) is 3.08. The molecule has 1 aromatic heterocycles. The average molecular weight is 371 g/mol. The van der Waals surface area contributed by atoms with Gasteiger partial charge in [-0.1, -0.05) is 36.4 Å². The van der Waals surface area contributed by atoms with Crippen LogP contribution < -0.4 is 0 Å². The quantitative estimate of drug-likeness (QED) is 0.808. The molecule has 0 radical (unpaired) electrons. The third-order valence-electron chi connectivity index (χ3n) is 4.22. The molecule has 0 aliphatic carbocycles. The minimum Gasteiger partial charge on any atom is -0.282 e. The molecule has 2 aromatic rings.